The molecule has 2 N–H and O–H groups in total. The summed E-state index contributed by atoms with van der Waals surface area (Å²) in [7, 11) is 1.63. The van der Waals surface area contributed by atoms with E-state index in [-0.39, 0.29) is 95.6 Å². The fourth-order valence-corrected chi connectivity index (χ4v) is 8.10. The number of esters is 1. The van der Waals surface area contributed by atoms with Crippen molar-refractivity contribution in [1.82, 2.24) is 24.8 Å². The Kier molecular flexibility index (Phi) is 13.4. The van der Waals surface area contributed by atoms with Crippen molar-refractivity contribution in [3.05, 3.63) is 45.6 Å². The molecule has 2 fully saturated rings. The van der Waals surface area contributed by atoms with E-state index < -0.39 is 23.6 Å². The molecular formula is C41H60N8O6. The molecule has 2 aromatic heterocycles. The first-order chi connectivity index (χ1) is 25.7. The van der Waals surface area contributed by atoms with E-state index in [0.717, 1.165) is 12.8 Å². The number of H-pyrrole nitrogens is 1. The highest BCUT2D eigenvalue weighted by Gasteiger charge is 2.49. The van der Waals surface area contributed by atoms with Crippen LogP contribution in [0.1, 0.15) is 123 Å². The van der Waals surface area contributed by atoms with Crippen LogP contribution in [0.3, 0.4) is 0 Å². The van der Waals surface area contributed by atoms with Gasteiger partial charge in [0.15, 0.2) is 5.65 Å². The number of carbonyl (C=O) groups excluding carboxylic acids is 3. The van der Waals surface area contributed by atoms with Gasteiger partial charge in [-0.3, -0.25) is 14.8 Å². The van der Waals surface area contributed by atoms with Crippen molar-refractivity contribution in [1.29, 1.82) is 0 Å². The molecule has 300 valence electrons. The average molecular weight is 761 g/mol. The van der Waals surface area contributed by atoms with E-state index in [1.807, 2.05) is 20.8 Å². The number of rotatable bonds is 10. The SMILES string of the molecule is [C-]#[N+]CCN(CC[N+]#[C-])C(=O)Oc1c([N+]#[C-])c(C(=O)OC2C(C(C)(C)C)CC(C)CC2C(C)(C)C)c2nc(C3CCC(OC)C(NC(=O)C(C)(C)C)C3)[nH]n12. The van der Waals surface area contributed by atoms with Crippen LogP contribution in [-0.4, -0.2) is 89.0 Å². The fourth-order valence-electron chi connectivity index (χ4n) is 8.10. The molecule has 0 bridgehead atoms. The molecule has 55 heavy (non-hydrogen) atoms. The lowest BCUT2D eigenvalue weighted by atomic mass is 9.59. The molecule has 0 aliphatic heterocycles. The van der Waals surface area contributed by atoms with Crippen molar-refractivity contribution < 1.29 is 28.6 Å². The lowest BCUT2D eigenvalue weighted by molar-refractivity contribution is -0.130. The molecule has 2 aliphatic rings. The smallest absolute Gasteiger partial charge is 0.415 e. The predicted octanol–water partition coefficient (Wildman–Crippen LogP) is 7.95. The summed E-state index contributed by atoms with van der Waals surface area (Å²) in [5.41, 5.74) is -1.19. The zero-order valence-corrected chi connectivity index (χ0v) is 34.5. The van der Waals surface area contributed by atoms with Gasteiger partial charge in [-0.05, 0) is 48.9 Å². The highest BCUT2D eigenvalue weighted by atomic mass is 16.6. The number of amides is 2. The van der Waals surface area contributed by atoms with E-state index in [0.29, 0.717) is 31.0 Å². The number of hydrogen-bond acceptors (Lipinski definition) is 7. The maximum Gasteiger partial charge on any atom is 0.415 e. The van der Waals surface area contributed by atoms with E-state index in [1.54, 1.807) is 7.11 Å². The van der Waals surface area contributed by atoms with Gasteiger partial charge in [0.05, 0.1) is 31.8 Å². The molecule has 2 aromatic rings. The number of aromatic amines is 1. The molecule has 0 aromatic carbocycles. The molecular weight excluding hydrogens is 701 g/mol. The van der Waals surface area contributed by atoms with E-state index in [1.165, 1.54) is 9.42 Å². The summed E-state index contributed by atoms with van der Waals surface area (Å²) >= 11 is 0. The molecule has 2 aliphatic carbocycles. The summed E-state index contributed by atoms with van der Waals surface area (Å²) in [6.07, 6.45) is 2.03. The minimum Gasteiger partial charge on any atom is -0.459 e. The Morgan fingerprint density at radius 2 is 1.51 bits per heavy atom. The predicted molar refractivity (Wildman–Crippen MR) is 209 cm³/mol. The second kappa shape index (κ2) is 17.0. The molecule has 0 radical (unpaired) electrons. The Morgan fingerprint density at radius 3 is 2.00 bits per heavy atom. The second-order valence-electron chi connectivity index (χ2n) is 18.5. The number of nitrogens with one attached hydrogen (secondary N) is 2. The van der Waals surface area contributed by atoms with Crippen molar-refractivity contribution >= 4 is 29.3 Å². The number of ether oxygens (including phenoxy) is 3. The standard InChI is InChI=1S/C41H60N8O6/c1-24-21-26(39(2,3)4)32(27(22-24)40(5,6)7)54-36(50)30-31(44-13)35(55-38(52)48(19-17-42-11)20-18-43-12)49-34(30)46-33(47-49)25-15-16-29(53-14)28(23-25)45-37(51)41(8,9)10/h24-29,32H,15-23H2,1-10,14H3,(H,45,51)(H,46,47). The monoisotopic (exact) mass is 760 g/mol. The summed E-state index contributed by atoms with van der Waals surface area (Å²) < 4.78 is 19.6. The largest absolute Gasteiger partial charge is 0.459 e. The third kappa shape index (κ3) is 9.80. The van der Waals surface area contributed by atoms with Crippen LogP contribution in [0, 0.1) is 53.7 Å². The van der Waals surface area contributed by atoms with Gasteiger partial charge in [0.1, 0.15) is 17.5 Å². The fraction of sp³-hybridized carbons (Fsp3) is 0.732. The van der Waals surface area contributed by atoms with E-state index in [2.05, 4.69) is 73.4 Å². The number of fused-ring (bicyclic) bond motifs is 1. The third-order valence-electron chi connectivity index (χ3n) is 11.3. The molecule has 14 nitrogen and oxygen atoms in total. The van der Waals surface area contributed by atoms with E-state index in [9.17, 15) is 14.4 Å². The van der Waals surface area contributed by atoms with Crippen LogP contribution < -0.4 is 10.1 Å². The van der Waals surface area contributed by atoms with Gasteiger partial charge in [0.2, 0.25) is 24.9 Å². The molecule has 5 unspecified atom stereocenters. The first-order valence-corrected chi connectivity index (χ1v) is 19.4. The van der Waals surface area contributed by atoms with Crippen LogP contribution in [-0.2, 0) is 14.3 Å². The Morgan fingerprint density at radius 1 is 0.927 bits per heavy atom. The number of aromatic nitrogens is 3. The Hall–Kier alpha value is -4.61. The highest BCUT2D eigenvalue weighted by Crippen LogP contribution is 2.50. The minimum atomic E-state index is -0.861. The van der Waals surface area contributed by atoms with Crippen molar-refractivity contribution in [2.75, 3.05) is 33.3 Å². The Labute approximate surface area is 326 Å². The van der Waals surface area contributed by atoms with Crippen molar-refractivity contribution in [2.45, 2.75) is 126 Å². The van der Waals surface area contributed by atoms with Gasteiger partial charge in [-0.2, -0.15) is 0 Å². The minimum absolute atomic E-state index is 0.000909. The quantitative estimate of drug-likeness (QED) is 0.185. The molecule has 14 heteroatoms. The normalized spacial score (nSPS) is 24.6. The van der Waals surface area contributed by atoms with Crippen LogP contribution in [0.2, 0.25) is 0 Å². The van der Waals surface area contributed by atoms with Gasteiger partial charge >= 0.3 is 12.1 Å². The first kappa shape index (κ1) is 43.1. The van der Waals surface area contributed by atoms with Crippen LogP contribution in [0.5, 0.6) is 5.88 Å². The van der Waals surface area contributed by atoms with Gasteiger partial charge in [0.25, 0.3) is 5.69 Å². The molecule has 4 rings (SSSR count). The van der Waals surface area contributed by atoms with Crippen molar-refractivity contribution in [3.63, 3.8) is 0 Å². The third-order valence-corrected chi connectivity index (χ3v) is 11.3. The maximum absolute atomic E-state index is 14.7. The molecule has 2 saturated carbocycles. The van der Waals surface area contributed by atoms with E-state index >= 15 is 0 Å². The summed E-state index contributed by atoms with van der Waals surface area (Å²) in [5.74, 6) is -0.242. The highest BCUT2D eigenvalue weighted by molar-refractivity contribution is 6.05. The summed E-state index contributed by atoms with van der Waals surface area (Å²) in [6.45, 7) is 43.5. The Balaban J connectivity index is 1.84. The average Bonchev–Trinajstić information content (AvgIpc) is 3.64. The number of methoxy groups -OCH3 is 1. The van der Waals surface area contributed by atoms with Crippen molar-refractivity contribution in [3.8, 4) is 5.88 Å². The molecule has 0 saturated heterocycles. The lowest BCUT2D eigenvalue weighted by Gasteiger charge is -2.50. The molecule has 0 spiro atoms. The van der Waals surface area contributed by atoms with Crippen LogP contribution in [0.4, 0.5) is 10.5 Å². The van der Waals surface area contributed by atoms with Gasteiger partial charge in [-0.25, -0.2) is 37.1 Å². The maximum atomic E-state index is 14.7. The van der Waals surface area contributed by atoms with Crippen LogP contribution in [0.15, 0.2) is 0 Å². The summed E-state index contributed by atoms with van der Waals surface area (Å²) in [4.78, 5) is 58.0. The molecule has 2 amide bonds. The Bertz CT molecular complexity index is 1800. The zero-order valence-electron chi connectivity index (χ0n) is 34.5. The second-order valence-corrected chi connectivity index (χ2v) is 18.5. The van der Waals surface area contributed by atoms with Crippen molar-refractivity contribution in [2.24, 2.45) is 34.0 Å². The summed E-state index contributed by atoms with van der Waals surface area (Å²) in [5, 5.41) is 6.39. The number of nitrogens with zero attached hydrogens (tertiary/aromatic N) is 6. The van der Waals surface area contributed by atoms with Crippen LogP contribution in [0.25, 0.3) is 20.2 Å². The van der Waals surface area contributed by atoms with Gasteiger partial charge in [-0.1, -0.05) is 69.2 Å². The van der Waals surface area contributed by atoms with Gasteiger partial charge in [0, 0.05) is 30.3 Å². The van der Waals surface area contributed by atoms with Gasteiger partial charge in [-0.15, -0.1) is 0 Å². The first-order valence-electron chi connectivity index (χ1n) is 19.4. The number of carbonyl (C=O) groups is 3. The lowest BCUT2D eigenvalue weighted by Crippen LogP contribution is -2.50. The zero-order chi connectivity index (χ0) is 41.0. The van der Waals surface area contributed by atoms with Crippen LogP contribution >= 0.6 is 0 Å². The van der Waals surface area contributed by atoms with Gasteiger partial charge < -0.3 is 29.2 Å². The van der Waals surface area contributed by atoms with E-state index in [4.69, 9.17) is 38.9 Å². The molecule has 2 heterocycles. The number of hydrogen-bond donors (Lipinski definition) is 2. The topological polar surface area (TPSA) is 140 Å². The molecule has 5 atom stereocenters. The summed E-state index contributed by atoms with van der Waals surface area (Å²) in [6, 6.07) is -0.309.